The van der Waals surface area contributed by atoms with Crippen molar-refractivity contribution in [3.63, 3.8) is 0 Å². The number of hydrogen-bond donors (Lipinski definition) is 3. The van der Waals surface area contributed by atoms with Gasteiger partial charge in [0.15, 0.2) is 0 Å². The van der Waals surface area contributed by atoms with E-state index in [9.17, 15) is 4.79 Å². The van der Waals surface area contributed by atoms with Gasteiger partial charge >= 0.3 is 0 Å². The number of nitrogens with one attached hydrogen (secondary N) is 2. The summed E-state index contributed by atoms with van der Waals surface area (Å²) in [5.41, 5.74) is 6.22. The van der Waals surface area contributed by atoms with Gasteiger partial charge in [-0.3, -0.25) is 4.79 Å². The van der Waals surface area contributed by atoms with Crippen LogP contribution in [-0.2, 0) is 9.53 Å². The number of ether oxygens (including phenoxy) is 1. The number of aromatic nitrogens is 1. The fourth-order valence-electron chi connectivity index (χ4n) is 1.42. The van der Waals surface area contributed by atoms with Gasteiger partial charge in [-0.05, 0) is 19.1 Å². The van der Waals surface area contributed by atoms with E-state index in [1.807, 2.05) is 0 Å². The molecule has 1 aromatic rings. The molecule has 1 unspecified atom stereocenters. The summed E-state index contributed by atoms with van der Waals surface area (Å²) in [5.74, 6) is 0.362. The molecule has 0 saturated carbocycles. The van der Waals surface area contributed by atoms with Crippen molar-refractivity contribution in [3.05, 3.63) is 23.9 Å². The summed E-state index contributed by atoms with van der Waals surface area (Å²) in [4.78, 5) is 16.2. The molecule has 1 amide bonds. The number of nitrogens with zero attached hydrogens (tertiary/aromatic N) is 1. The summed E-state index contributed by atoms with van der Waals surface area (Å²) in [7, 11) is 1.58. The Labute approximate surface area is 117 Å². The summed E-state index contributed by atoms with van der Waals surface area (Å²) in [5, 5.41) is 5.72. The first kappa shape index (κ1) is 15.3. The predicted molar refractivity (Wildman–Crippen MR) is 78.1 cm³/mol. The van der Waals surface area contributed by atoms with Gasteiger partial charge in [-0.2, -0.15) is 0 Å². The van der Waals surface area contributed by atoms with Crippen molar-refractivity contribution < 1.29 is 9.53 Å². The average Bonchev–Trinajstić information content (AvgIpc) is 2.39. The number of carbonyl (C=O) groups is 1. The highest BCUT2D eigenvalue weighted by Crippen LogP contribution is 2.12. The van der Waals surface area contributed by atoms with E-state index in [4.69, 9.17) is 22.7 Å². The van der Waals surface area contributed by atoms with E-state index in [2.05, 4.69) is 15.6 Å². The van der Waals surface area contributed by atoms with Gasteiger partial charge in [0.2, 0.25) is 5.91 Å². The van der Waals surface area contributed by atoms with Crippen LogP contribution < -0.4 is 16.4 Å². The number of anilines is 1. The molecule has 19 heavy (non-hydrogen) atoms. The number of rotatable bonds is 7. The van der Waals surface area contributed by atoms with Gasteiger partial charge in [0.05, 0.1) is 12.2 Å². The Morgan fingerprint density at radius 3 is 3.00 bits per heavy atom. The molecule has 1 atom stereocenters. The largest absolute Gasteiger partial charge is 0.389 e. The van der Waals surface area contributed by atoms with E-state index in [0.717, 1.165) is 0 Å². The highest BCUT2D eigenvalue weighted by Gasteiger charge is 2.15. The molecule has 1 aromatic heterocycles. The average molecular weight is 282 g/mol. The van der Waals surface area contributed by atoms with Crippen molar-refractivity contribution in [1.29, 1.82) is 0 Å². The van der Waals surface area contributed by atoms with Gasteiger partial charge in [-0.25, -0.2) is 4.98 Å². The molecular formula is C12H18N4O2S. The number of thiocarbonyl (C=S) groups is 1. The van der Waals surface area contributed by atoms with Crippen LogP contribution in [0.1, 0.15) is 12.5 Å². The van der Waals surface area contributed by atoms with Crippen LogP contribution in [0.2, 0.25) is 0 Å². The quantitative estimate of drug-likeness (QED) is 0.492. The number of methoxy groups -OCH3 is 1. The van der Waals surface area contributed by atoms with E-state index in [1.54, 1.807) is 32.4 Å². The van der Waals surface area contributed by atoms with Crippen LogP contribution in [0.25, 0.3) is 0 Å². The molecule has 0 aliphatic carbocycles. The molecule has 0 spiro atoms. The van der Waals surface area contributed by atoms with Gasteiger partial charge in [-0.1, -0.05) is 12.2 Å². The van der Waals surface area contributed by atoms with Gasteiger partial charge in [0.25, 0.3) is 0 Å². The lowest BCUT2D eigenvalue weighted by Gasteiger charge is -2.16. The Hall–Kier alpha value is -1.73. The van der Waals surface area contributed by atoms with E-state index in [1.165, 1.54) is 0 Å². The van der Waals surface area contributed by atoms with Crippen LogP contribution in [0.15, 0.2) is 18.3 Å². The second kappa shape index (κ2) is 7.65. The first-order valence-electron chi connectivity index (χ1n) is 5.84. The zero-order valence-corrected chi connectivity index (χ0v) is 11.8. The maximum absolute atomic E-state index is 11.8. The molecule has 104 valence electrons. The van der Waals surface area contributed by atoms with E-state index in [0.29, 0.717) is 24.5 Å². The number of nitrogens with two attached hydrogens (primary N) is 1. The number of carbonyl (C=O) groups excluding carboxylic acids is 1. The third-order valence-electron chi connectivity index (χ3n) is 2.43. The fourth-order valence-corrected chi connectivity index (χ4v) is 1.58. The lowest BCUT2D eigenvalue weighted by molar-refractivity contribution is -0.121. The summed E-state index contributed by atoms with van der Waals surface area (Å²) in [6, 6.07) is 3.05. The topological polar surface area (TPSA) is 89.3 Å². The molecular weight excluding hydrogens is 264 g/mol. The molecule has 0 saturated heterocycles. The SMILES string of the molecule is COCCNC(=O)C(C)Nc1ncccc1C(N)=S. The lowest BCUT2D eigenvalue weighted by atomic mass is 10.2. The minimum atomic E-state index is -0.445. The molecule has 1 heterocycles. The molecule has 4 N–H and O–H groups in total. The van der Waals surface area contributed by atoms with Gasteiger partial charge in [0.1, 0.15) is 16.8 Å². The highest BCUT2D eigenvalue weighted by atomic mass is 32.1. The van der Waals surface area contributed by atoms with Crippen LogP contribution in [0, 0.1) is 0 Å². The smallest absolute Gasteiger partial charge is 0.242 e. The van der Waals surface area contributed by atoms with Crippen molar-refractivity contribution >= 4 is 28.9 Å². The molecule has 0 aliphatic heterocycles. The lowest BCUT2D eigenvalue weighted by Crippen LogP contribution is -2.39. The van der Waals surface area contributed by atoms with Crippen molar-refractivity contribution in [1.82, 2.24) is 10.3 Å². The minimum Gasteiger partial charge on any atom is -0.389 e. The molecule has 0 fully saturated rings. The molecule has 0 aromatic carbocycles. The van der Waals surface area contributed by atoms with Crippen LogP contribution in [-0.4, -0.2) is 42.2 Å². The highest BCUT2D eigenvalue weighted by molar-refractivity contribution is 7.80. The predicted octanol–water partition coefficient (Wildman–Crippen LogP) is 0.279. The molecule has 0 aliphatic rings. The van der Waals surface area contributed by atoms with Crippen molar-refractivity contribution in [2.75, 3.05) is 25.6 Å². The van der Waals surface area contributed by atoms with Crippen LogP contribution in [0.3, 0.4) is 0 Å². The fraction of sp³-hybridized carbons (Fsp3) is 0.417. The number of amides is 1. The first-order valence-corrected chi connectivity index (χ1v) is 6.25. The van der Waals surface area contributed by atoms with Crippen molar-refractivity contribution in [2.45, 2.75) is 13.0 Å². The Balaban J connectivity index is 2.63. The standard InChI is InChI=1S/C12H18N4O2S/c1-8(12(17)15-6-7-18-2)16-11-9(10(13)19)4-3-5-14-11/h3-5,8H,6-7H2,1-2H3,(H2,13,19)(H,14,16)(H,15,17). The van der Waals surface area contributed by atoms with E-state index < -0.39 is 6.04 Å². The maximum Gasteiger partial charge on any atom is 0.242 e. The van der Waals surface area contributed by atoms with Crippen LogP contribution in [0.5, 0.6) is 0 Å². The normalized spacial score (nSPS) is 11.7. The third kappa shape index (κ3) is 4.80. The van der Waals surface area contributed by atoms with E-state index in [-0.39, 0.29) is 10.9 Å². The Morgan fingerprint density at radius 1 is 1.63 bits per heavy atom. The zero-order valence-electron chi connectivity index (χ0n) is 11.0. The second-order valence-electron chi connectivity index (χ2n) is 3.91. The first-order chi connectivity index (χ1) is 9.06. The van der Waals surface area contributed by atoms with Gasteiger partial charge in [-0.15, -0.1) is 0 Å². The van der Waals surface area contributed by atoms with Gasteiger partial charge < -0.3 is 21.1 Å². The third-order valence-corrected chi connectivity index (χ3v) is 2.65. The Morgan fingerprint density at radius 2 is 2.37 bits per heavy atom. The Kier molecular flexibility index (Phi) is 6.17. The monoisotopic (exact) mass is 282 g/mol. The zero-order chi connectivity index (χ0) is 14.3. The summed E-state index contributed by atoms with van der Waals surface area (Å²) < 4.78 is 4.86. The summed E-state index contributed by atoms with van der Waals surface area (Å²) in [6.45, 7) is 2.67. The Bertz CT molecular complexity index is 453. The van der Waals surface area contributed by atoms with Crippen LogP contribution in [0.4, 0.5) is 5.82 Å². The second-order valence-corrected chi connectivity index (χ2v) is 4.35. The molecule has 0 bridgehead atoms. The van der Waals surface area contributed by atoms with Crippen molar-refractivity contribution in [3.8, 4) is 0 Å². The molecule has 0 radical (unpaired) electrons. The van der Waals surface area contributed by atoms with Crippen LogP contribution >= 0.6 is 12.2 Å². The molecule has 7 heteroatoms. The summed E-state index contributed by atoms with van der Waals surface area (Å²) in [6.07, 6.45) is 1.61. The molecule has 1 rings (SSSR count). The number of hydrogen-bond acceptors (Lipinski definition) is 5. The maximum atomic E-state index is 11.8. The van der Waals surface area contributed by atoms with Gasteiger partial charge in [0, 0.05) is 19.9 Å². The minimum absolute atomic E-state index is 0.142. The van der Waals surface area contributed by atoms with Crippen molar-refractivity contribution in [2.24, 2.45) is 5.73 Å². The summed E-state index contributed by atoms with van der Waals surface area (Å²) >= 11 is 4.93. The van der Waals surface area contributed by atoms with E-state index >= 15 is 0 Å². The number of pyridine rings is 1. The molecule has 6 nitrogen and oxygen atoms in total.